The lowest BCUT2D eigenvalue weighted by Crippen LogP contribution is -2.00. The highest BCUT2D eigenvalue weighted by Gasteiger charge is 2.01. The Morgan fingerprint density at radius 2 is 2.00 bits per heavy atom. The van der Waals surface area contributed by atoms with Crippen molar-refractivity contribution in [1.29, 1.82) is 0 Å². The monoisotopic (exact) mass is 167 g/mol. The van der Waals surface area contributed by atoms with Crippen LogP contribution >= 0.6 is 0 Å². The fourth-order valence-electron chi connectivity index (χ4n) is 1.04. The van der Waals surface area contributed by atoms with E-state index in [1.807, 2.05) is 18.2 Å². The molecule has 1 rings (SSSR count). The SMILES string of the molecule is COc1ccc(OC)c(CN)c1. The Bertz CT molecular complexity index is 261. The quantitative estimate of drug-likeness (QED) is 0.734. The molecule has 0 spiro atoms. The van der Waals surface area contributed by atoms with Gasteiger partial charge in [-0.05, 0) is 18.2 Å². The number of ether oxygens (including phenoxy) is 2. The molecule has 3 nitrogen and oxygen atoms in total. The lowest BCUT2D eigenvalue weighted by atomic mass is 10.2. The molecule has 0 amide bonds. The normalized spacial score (nSPS) is 9.58. The third-order valence-electron chi connectivity index (χ3n) is 1.71. The van der Waals surface area contributed by atoms with Gasteiger partial charge in [0.15, 0.2) is 0 Å². The van der Waals surface area contributed by atoms with Crippen LogP contribution < -0.4 is 15.2 Å². The molecular weight excluding hydrogens is 154 g/mol. The van der Waals surface area contributed by atoms with Crippen molar-refractivity contribution in [2.24, 2.45) is 5.73 Å². The summed E-state index contributed by atoms with van der Waals surface area (Å²) in [6.45, 7) is 0.459. The van der Waals surface area contributed by atoms with Crippen molar-refractivity contribution >= 4 is 0 Å². The lowest BCUT2D eigenvalue weighted by Gasteiger charge is -2.07. The molecule has 0 atom stereocenters. The molecule has 0 aliphatic heterocycles. The van der Waals surface area contributed by atoms with Gasteiger partial charge in [-0.15, -0.1) is 0 Å². The van der Waals surface area contributed by atoms with E-state index in [2.05, 4.69) is 0 Å². The molecule has 0 fully saturated rings. The summed E-state index contributed by atoms with van der Waals surface area (Å²) >= 11 is 0. The third kappa shape index (κ3) is 1.68. The fourth-order valence-corrected chi connectivity index (χ4v) is 1.04. The molecule has 0 saturated carbocycles. The lowest BCUT2D eigenvalue weighted by molar-refractivity contribution is 0.399. The van der Waals surface area contributed by atoms with Crippen LogP contribution in [0.5, 0.6) is 11.5 Å². The van der Waals surface area contributed by atoms with Crippen molar-refractivity contribution < 1.29 is 9.47 Å². The zero-order chi connectivity index (χ0) is 8.97. The zero-order valence-corrected chi connectivity index (χ0v) is 7.33. The molecule has 0 heterocycles. The van der Waals surface area contributed by atoms with Gasteiger partial charge in [0.25, 0.3) is 0 Å². The van der Waals surface area contributed by atoms with Crippen LogP contribution in [0.1, 0.15) is 5.56 Å². The van der Waals surface area contributed by atoms with E-state index in [-0.39, 0.29) is 0 Å². The maximum Gasteiger partial charge on any atom is 0.123 e. The zero-order valence-electron chi connectivity index (χ0n) is 7.33. The summed E-state index contributed by atoms with van der Waals surface area (Å²) in [6.07, 6.45) is 0. The van der Waals surface area contributed by atoms with E-state index < -0.39 is 0 Å². The Hall–Kier alpha value is -1.22. The first-order chi connectivity index (χ1) is 5.81. The molecule has 0 unspecified atom stereocenters. The number of hydrogen-bond acceptors (Lipinski definition) is 3. The minimum Gasteiger partial charge on any atom is -0.497 e. The second-order valence-electron chi connectivity index (χ2n) is 2.38. The van der Waals surface area contributed by atoms with Crippen LogP contribution in [-0.2, 0) is 6.54 Å². The number of benzene rings is 1. The standard InChI is InChI=1S/C9H13NO2/c1-11-8-3-4-9(12-2)7(5-8)6-10/h3-5H,6,10H2,1-2H3. The summed E-state index contributed by atoms with van der Waals surface area (Å²) in [7, 11) is 3.25. The topological polar surface area (TPSA) is 44.5 Å². The summed E-state index contributed by atoms with van der Waals surface area (Å²) in [4.78, 5) is 0. The molecular formula is C9H13NO2. The largest absolute Gasteiger partial charge is 0.497 e. The summed E-state index contributed by atoms with van der Waals surface area (Å²) in [5, 5.41) is 0. The van der Waals surface area contributed by atoms with E-state index in [1.165, 1.54) is 0 Å². The molecule has 1 aromatic carbocycles. The average Bonchev–Trinajstić information content (AvgIpc) is 2.16. The van der Waals surface area contributed by atoms with Gasteiger partial charge >= 0.3 is 0 Å². The Morgan fingerprint density at radius 1 is 1.25 bits per heavy atom. The van der Waals surface area contributed by atoms with E-state index in [0.29, 0.717) is 6.54 Å². The van der Waals surface area contributed by atoms with Crippen LogP contribution in [0.4, 0.5) is 0 Å². The van der Waals surface area contributed by atoms with E-state index in [9.17, 15) is 0 Å². The van der Waals surface area contributed by atoms with Crippen LogP contribution in [0.25, 0.3) is 0 Å². The van der Waals surface area contributed by atoms with Crippen molar-refractivity contribution in [1.82, 2.24) is 0 Å². The van der Waals surface area contributed by atoms with Crippen molar-refractivity contribution in [3.05, 3.63) is 23.8 Å². The molecule has 0 radical (unpaired) electrons. The van der Waals surface area contributed by atoms with Gasteiger partial charge in [-0.2, -0.15) is 0 Å². The summed E-state index contributed by atoms with van der Waals surface area (Å²) in [5.41, 5.74) is 6.47. The predicted octanol–water partition coefficient (Wildman–Crippen LogP) is 1.16. The maximum absolute atomic E-state index is 5.51. The molecule has 0 aliphatic rings. The highest BCUT2D eigenvalue weighted by Crippen LogP contribution is 2.22. The van der Waals surface area contributed by atoms with E-state index in [0.717, 1.165) is 17.1 Å². The molecule has 0 bridgehead atoms. The molecule has 66 valence electrons. The first kappa shape index (κ1) is 8.87. The Balaban J connectivity index is 3.02. The van der Waals surface area contributed by atoms with E-state index in [4.69, 9.17) is 15.2 Å². The first-order valence-corrected chi connectivity index (χ1v) is 3.72. The van der Waals surface area contributed by atoms with Crippen molar-refractivity contribution in [3.63, 3.8) is 0 Å². The number of hydrogen-bond donors (Lipinski definition) is 1. The van der Waals surface area contributed by atoms with Gasteiger partial charge in [0, 0.05) is 12.1 Å². The maximum atomic E-state index is 5.51. The van der Waals surface area contributed by atoms with Crippen molar-refractivity contribution in [3.8, 4) is 11.5 Å². The molecule has 0 saturated heterocycles. The van der Waals surface area contributed by atoms with Crippen molar-refractivity contribution in [2.45, 2.75) is 6.54 Å². The van der Waals surface area contributed by atoms with Gasteiger partial charge in [0.2, 0.25) is 0 Å². The van der Waals surface area contributed by atoms with Gasteiger partial charge in [0.05, 0.1) is 14.2 Å². The molecule has 0 aliphatic carbocycles. The highest BCUT2D eigenvalue weighted by molar-refractivity contribution is 5.40. The molecule has 1 aromatic rings. The van der Waals surface area contributed by atoms with Gasteiger partial charge in [-0.1, -0.05) is 0 Å². The third-order valence-corrected chi connectivity index (χ3v) is 1.71. The van der Waals surface area contributed by atoms with Gasteiger partial charge < -0.3 is 15.2 Å². The Morgan fingerprint density at radius 3 is 2.50 bits per heavy atom. The van der Waals surface area contributed by atoms with Gasteiger partial charge in [0.1, 0.15) is 11.5 Å². The molecule has 0 aromatic heterocycles. The Labute approximate surface area is 72.1 Å². The van der Waals surface area contributed by atoms with Crippen LogP contribution in [0.3, 0.4) is 0 Å². The number of nitrogens with two attached hydrogens (primary N) is 1. The fraction of sp³-hybridized carbons (Fsp3) is 0.333. The van der Waals surface area contributed by atoms with E-state index >= 15 is 0 Å². The summed E-state index contributed by atoms with van der Waals surface area (Å²) in [5.74, 6) is 1.61. The van der Waals surface area contributed by atoms with Crippen LogP contribution in [-0.4, -0.2) is 14.2 Å². The van der Waals surface area contributed by atoms with Gasteiger partial charge in [-0.3, -0.25) is 0 Å². The van der Waals surface area contributed by atoms with Gasteiger partial charge in [-0.25, -0.2) is 0 Å². The Kier molecular flexibility index (Phi) is 2.94. The molecule has 3 heteroatoms. The predicted molar refractivity (Wildman–Crippen MR) is 47.4 cm³/mol. The molecule has 12 heavy (non-hydrogen) atoms. The first-order valence-electron chi connectivity index (χ1n) is 3.72. The smallest absolute Gasteiger partial charge is 0.123 e. The number of rotatable bonds is 3. The minimum atomic E-state index is 0.459. The van der Waals surface area contributed by atoms with Crippen molar-refractivity contribution in [2.75, 3.05) is 14.2 Å². The second-order valence-corrected chi connectivity index (χ2v) is 2.38. The van der Waals surface area contributed by atoms with Crippen LogP contribution in [0, 0.1) is 0 Å². The minimum absolute atomic E-state index is 0.459. The highest BCUT2D eigenvalue weighted by atomic mass is 16.5. The summed E-state index contributed by atoms with van der Waals surface area (Å²) in [6, 6.07) is 5.57. The number of methoxy groups -OCH3 is 2. The summed E-state index contributed by atoms with van der Waals surface area (Å²) < 4.78 is 10.1. The van der Waals surface area contributed by atoms with Crippen LogP contribution in [0.15, 0.2) is 18.2 Å². The second kappa shape index (κ2) is 3.97. The van der Waals surface area contributed by atoms with E-state index in [1.54, 1.807) is 14.2 Å². The molecule has 2 N–H and O–H groups in total. The average molecular weight is 167 g/mol. The van der Waals surface area contributed by atoms with Crippen LogP contribution in [0.2, 0.25) is 0 Å².